The first-order valence-electron chi connectivity index (χ1n) is 8.97. The number of rotatable bonds is 6. The molecule has 158 valence electrons. The van der Waals surface area contributed by atoms with Crippen LogP contribution in [0.25, 0.3) is 0 Å². The van der Waals surface area contributed by atoms with Crippen molar-refractivity contribution >= 4 is 23.7 Å². The highest BCUT2D eigenvalue weighted by Crippen LogP contribution is 2.15. The summed E-state index contributed by atoms with van der Waals surface area (Å²) >= 11 is 0. The minimum absolute atomic E-state index is 0.00203. The van der Waals surface area contributed by atoms with Crippen molar-refractivity contribution in [2.75, 3.05) is 11.9 Å². The highest BCUT2D eigenvalue weighted by molar-refractivity contribution is 6.01. The molecule has 0 spiro atoms. The molecular formula is C18H21N7O5. The Bertz CT molecular complexity index is 1120. The second-order valence-electron chi connectivity index (χ2n) is 6.46. The monoisotopic (exact) mass is 415 g/mol. The summed E-state index contributed by atoms with van der Waals surface area (Å²) in [5.74, 6) is -1.68. The fraction of sp³-hybridized carbons (Fsp3) is 0.333. The zero-order chi connectivity index (χ0) is 22.0. The molecule has 0 unspecified atom stereocenters. The summed E-state index contributed by atoms with van der Waals surface area (Å²) in [6, 6.07) is 0. The molecule has 0 aromatic carbocycles. The molecule has 0 radical (unpaired) electrons. The van der Waals surface area contributed by atoms with Crippen LogP contribution in [-0.2, 0) is 25.9 Å². The molecule has 0 saturated heterocycles. The predicted octanol–water partition coefficient (Wildman–Crippen LogP) is 0.844. The summed E-state index contributed by atoms with van der Waals surface area (Å²) in [6.45, 7) is 3.64. The van der Waals surface area contributed by atoms with Crippen LogP contribution in [-0.4, -0.2) is 53.1 Å². The number of imidazole rings is 3. The third kappa shape index (κ3) is 4.21. The average Bonchev–Trinajstić information content (AvgIpc) is 3.31. The third-order valence-electron chi connectivity index (χ3n) is 4.01. The van der Waals surface area contributed by atoms with Crippen LogP contribution in [0.5, 0.6) is 5.88 Å². The molecular weight excluding hydrogens is 394 g/mol. The number of ether oxygens (including phenoxy) is 2. The number of aryl methyl sites for hydroxylation is 4. The minimum atomic E-state index is -0.806. The zero-order valence-electron chi connectivity index (χ0n) is 17.2. The van der Waals surface area contributed by atoms with Crippen molar-refractivity contribution in [2.45, 2.75) is 13.8 Å². The number of hydrogen-bond donors (Lipinski definition) is 1. The second-order valence-corrected chi connectivity index (χ2v) is 6.46. The van der Waals surface area contributed by atoms with Crippen molar-refractivity contribution in [3.05, 3.63) is 41.8 Å². The SMILES string of the molecule is CCOC(=O)c1nc(OC(=O)c2nc(NC(=O)c3nc(C)cn3C)cn2C)cn1C. The van der Waals surface area contributed by atoms with E-state index in [0.29, 0.717) is 5.69 Å². The molecule has 12 heteroatoms. The summed E-state index contributed by atoms with van der Waals surface area (Å²) in [7, 11) is 4.85. The normalized spacial score (nSPS) is 10.7. The van der Waals surface area contributed by atoms with E-state index in [4.69, 9.17) is 9.47 Å². The zero-order valence-corrected chi connectivity index (χ0v) is 17.2. The van der Waals surface area contributed by atoms with Crippen LogP contribution in [0.1, 0.15) is 44.5 Å². The van der Waals surface area contributed by atoms with Gasteiger partial charge in [0.05, 0.1) is 18.5 Å². The average molecular weight is 415 g/mol. The fourth-order valence-electron chi connectivity index (χ4n) is 2.73. The maximum Gasteiger partial charge on any atom is 0.381 e. The van der Waals surface area contributed by atoms with E-state index < -0.39 is 17.8 Å². The topological polar surface area (TPSA) is 135 Å². The number of amides is 1. The van der Waals surface area contributed by atoms with E-state index in [2.05, 4.69) is 20.3 Å². The molecule has 0 saturated carbocycles. The first-order valence-corrected chi connectivity index (χ1v) is 8.97. The van der Waals surface area contributed by atoms with E-state index in [9.17, 15) is 14.4 Å². The largest absolute Gasteiger partial charge is 0.460 e. The van der Waals surface area contributed by atoms with Crippen LogP contribution in [0.4, 0.5) is 5.82 Å². The van der Waals surface area contributed by atoms with E-state index in [1.165, 1.54) is 21.5 Å². The van der Waals surface area contributed by atoms with E-state index in [-0.39, 0.29) is 35.8 Å². The number of esters is 2. The van der Waals surface area contributed by atoms with E-state index >= 15 is 0 Å². The van der Waals surface area contributed by atoms with E-state index in [0.717, 1.165) is 0 Å². The van der Waals surface area contributed by atoms with E-state index in [1.807, 2.05) is 0 Å². The van der Waals surface area contributed by atoms with Gasteiger partial charge in [-0.15, -0.1) is 0 Å². The third-order valence-corrected chi connectivity index (χ3v) is 4.01. The van der Waals surface area contributed by atoms with Gasteiger partial charge in [0, 0.05) is 33.5 Å². The van der Waals surface area contributed by atoms with Crippen molar-refractivity contribution in [1.29, 1.82) is 0 Å². The Morgan fingerprint density at radius 3 is 2.17 bits per heavy atom. The molecule has 3 heterocycles. The first-order chi connectivity index (χ1) is 14.2. The maximum absolute atomic E-state index is 12.5. The molecule has 3 aromatic rings. The molecule has 0 aliphatic rings. The minimum Gasteiger partial charge on any atom is -0.460 e. The lowest BCUT2D eigenvalue weighted by atomic mass is 10.5. The number of carbonyl (C=O) groups excluding carboxylic acids is 3. The number of nitrogens with zero attached hydrogens (tertiary/aromatic N) is 6. The number of anilines is 1. The summed E-state index contributed by atoms with van der Waals surface area (Å²) < 4.78 is 14.5. The van der Waals surface area contributed by atoms with Gasteiger partial charge in [-0.25, -0.2) is 19.6 Å². The maximum atomic E-state index is 12.5. The summed E-state index contributed by atoms with van der Waals surface area (Å²) in [4.78, 5) is 48.9. The fourth-order valence-corrected chi connectivity index (χ4v) is 2.73. The quantitative estimate of drug-likeness (QED) is 0.585. The van der Waals surface area contributed by atoms with Crippen molar-refractivity contribution in [3.8, 4) is 5.88 Å². The molecule has 30 heavy (non-hydrogen) atoms. The van der Waals surface area contributed by atoms with Crippen molar-refractivity contribution < 1.29 is 23.9 Å². The molecule has 0 bridgehead atoms. The summed E-state index contributed by atoms with van der Waals surface area (Å²) in [6.07, 6.45) is 4.56. The number of aromatic nitrogens is 6. The van der Waals surface area contributed by atoms with Gasteiger partial charge < -0.3 is 28.5 Å². The molecule has 12 nitrogen and oxygen atoms in total. The van der Waals surface area contributed by atoms with Gasteiger partial charge in [-0.1, -0.05) is 0 Å². The molecule has 3 aromatic heterocycles. The van der Waals surface area contributed by atoms with Crippen LogP contribution < -0.4 is 10.1 Å². The Morgan fingerprint density at radius 1 is 0.900 bits per heavy atom. The van der Waals surface area contributed by atoms with Crippen molar-refractivity contribution in [1.82, 2.24) is 28.7 Å². The number of hydrogen-bond acceptors (Lipinski definition) is 8. The molecule has 1 amide bonds. The van der Waals surface area contributed by atoms with Gasteiger partial charge in [0.1, 0.15) is 0 Å². The highest BCUT2D eigenvalue weighted by Gasteiger charge is 2.22. The lowest BCUT2D eigenvalue weighted by molar-refractivity contribution is 0.0505. The molecule has 1 N–H and O–H groups in total. The Labute approximate surface area is 171 Å². The Morgan fingerprint density at radius 2 is 1.53 bits per heavy atom. The van der Waals surface area contributed by atoms with Crippen molar-refractivity contribution in [2.24, 2.45) is 21.1 Å². The molecule has 0 atom stereocenters. The lowest BCUT2D eigenvalue weighted by Crippen LogP contribution is -2.17. The lowest BCUT2D eigenvalue weighted by Gasteiger charge is -2.01. The molecule has 0 aliphatic heterocycles. The second kappa shape index (κ2) is 8.19. The van der Waals surface area contributed by atoms with E-state index in [1.54, 1.807) is 45.8 Å². The van der Waals surface area contributed by atoms with Gasteiger partial charge in [0.2, 0.25) is 17.5 Å². The van der Waals surface area contributed by atoms with Gasteiger partial charge >= 0.3 is 11.9 Å². The summed E-state index contributed by atoms with van der Waals surface area (Å²) in [5, 5.41) is 2.59. The standard InChI is InChI=1S/C18H21N7O5/c1-6-29-17(27)14-22-12(9-25(14)5)30-18(28)15-20-11(8-24(15)4)21-16(26)13-19-10(2)7-23(13)3/h7-9H,6H2,1-5H3,(H,21,26). The van der Waals surface area contributed by atoms with Gasteiger partial charge in [0.15, 0.2) is 11.6 Å². The van der Waals surface area contributed by atoms with Crippen LogP contribution in [0, 0.1) is 6.92 Å². The van der Waals surface area contributed by atoms with Crippen LogP contribution in [0.2, 0.25) is 0 Å². The Balaban J connectivity index is 1.73. The van der Waals surface area contributed by atoms with Gasteiger partial charge in [0.25, 0.3) is 5.91 Å². The smallest absolute Gasteiger partial charge is 0.381 e. The first kappa shape index (κ1) is 20.8. The van der Waals surface area contributed by atoms with Crippen molar-refractivity contribution in [3.63, 3.8) is 0 Å². The highest BCUT2D eigenvalue weighted by atomic mass is 16.5. The summed E-state index contributed by atoms with van der Waals surface area (Å²) in [5.41, 5.74) is 0.700. The van der Waals surface area contributed by atoms with Crippen LogP contribution in [0.15, 0.2) is 18.6 Å². The molecule has 0 aliphatic carbocycles. The molecule has 3 rings (SSSR count). The Hall–Kier alpha value is -3.96. The molecule has 0 fully saturated rings. The predicted molar refractivity (Wildman–Crippen MR) is 103 cm³/mol. The number of carbonyl (C=O) groups is 3. The number of nitrogens with one attached hydrogen (secondary N) is 1. The van der Waals surface area contributed by atoms with Gasteiger partial charge in [-0.3, -0.25) is 4.79 Å². The van der Waals surface area contributed by atoms with Gasteiger partial charge in [-0.2, -0.15) is 4.98 Å². The van der Waals surface area contributed by atoms with Gasteiger partial charge in [-0.05, 0) is 13.8 Å². The van der Waals surface area contributed by atoms with Crippen LogP contribution >= 0.6 is 0 Å². The Kier molecular flexibility index (Phi) is 5.67. The van der Waals surface area contributed by atoms with Crippen LogP contribution in [0.3, 0.4) is 0 Å².